The van der Waals surface area contributed by atoms with Gasteiger partial charge in [-0.05, 0) is 0 Å². The van der Waals surface area contributed by atoms with E-state index in [0.717, 1.165) is 0 Å². The molecule has 0 saturated carbocycles. The first-order valence-electron chi connectivity index (χ1n) is 2.45. The van der Waals surface area contributed by atoms with Gasteiger partial charge in [0.1, 0.15) is 0 Å². The van der Waals surface area contributed by atoms with E-state index >= 15 is 0 Å². The van der Waals surface area contributed by atoms with E-state index in [1.54, 1.807) is 0 Å². The van der Waals surface area contributed by atoms with Crippen molar-refractivity contribution in [2.45, 2.75) is 6.23 Å². The number of aliphatic hydroxyl groups is 1. The van der Waals surface area contributed by atoms with Crippen LogP contribution >= 0.6 is 0 Å². The lowest BCUT2D eigenvalue weighted by Crippen LogP contribution is -2.55. The number of hydrogen-bond acceptors (Lipinski definition) is 3. The molecule has 1 aliphatic heterocycles. The summed E-state index contributed by atoms with van der Waals surface area (Å²) in [5, 5.41) is 12.8. The van der Waals surface area contributed by atoms with Gasteiger partial charge in [-0.3, -0.25) is 9.59 Å². The number of carbonyl (C=O) groups is 2. The Bertz CT molecular complexity index is 156. The number of aliphatic hydroxyl groups excluding tert-OH is 1. The molecule has 1 atom stereocenters. The molecule has 9 heavy (non-hydrogen) atoms. The molecule has 0 spiro atoms. The molecule has 1 fully saturated rings. The predicted octanol–water partition coefficient (Wildman–Crippen LogP) is -2.45. The zero-order valence-electron chi connectivity index (χ0n) is 4.55. The van der Waals surface area contributed by atoms with E-state index in [-0.39, 0.29) is 12.5 Å². The highest BCUT2D eigenvalue weighted by molar-refractivity contribution is 5.93. The van der Waals surface area contributed by atoms with Gasteiger partial charge < -0.3 is 15.7 Å². The van der Waals surface area contributed by atoms with E-state index in [9.17, 15) is 9.59 Å². The molecule has 3 N–H and O–H groups in total. The van der Waals surface area contributed by atoms with Gasteiger partial charge in [0, 0.05) is 0 Å². The van der Waals surface area contributed by atoms with E-state index in [1.807, 2.05) is 5.32 Å². The maximum absolute atomic E-state index is 10.4. The van der Waals surface area contributed by atoms with Crippen LogP contribution in [-0.2, 0) is 9.59 Å². The van der Waals surface area contributed by atoms with Crippen molar-refractivity contribution in [2.75, 3.05) is 6.54 Å². The lowest BCUT2D eigenvalue weighted by molar-refractivity contribution is -0.141. The van der Waals surface area contributed by atoms with Crippen molar-refractivity contribution in [3.05, 3.63) is 0 Å². The molecule has 1 unspecified atom stereocenters. The molecule has 5 nitrogen and oxygen atoms in total. The topological polar surface area (TPSA) is 78.4 Å². The highest BCUT2D eigenvalue weighted by Gasteiger charge is 2.22. The Morgan fingerprint density at radius 1 is 1.56 bits per heavy atom. The van der Waals surface area contributed by atoms with Crippen LogP contribution in [0, 0.1) is 0 Å². The number of hydrogen-bond donors (Lipinski definition) is 3. The zero-order chi connectivity index (χ0) is 6.85. The Morgan fingerprint density at radius 3 is 2.67 bits per heavy atom. The minimum atomic E-state index is -1.37. The summed E-state index contributed by atoms with van der Waals surface area (Å²) in [6.45, 7) is -0.0457. The second kappa shape index (κ2) is 2.02. The molecule has 0 aromatic heterocycles. The van der Waals surface area contributed by atoms with Crippen molar-refractivity contribution in [1.29, 1.82) is 0 Å². The molecule has 1 saturated heterocycles. The van der Waals surface area contributed by atoms with Gasteiger partial charge >= 0.3 is 0 Å². The third-order valence-electron chi connectivity index (χ3n) is 0.969. The largest absolute Gasteiger partial charge is 0.365 e. The van der Waals surface area contributed by atoms with Crippen molar-refractivity contribution in [1.82, 2.24) is 10.6 Å². The molecule has 5 heteroatoms. The van der Waals surface area contributed by atoms with Crippen molar-refractivity contribution in [3.63, 3.8) is 0 Å². The quantitative estimate of drug-likeness (QED) is 0.340. The number of rotatable bonds is 0. The van der Waals surface area contributed by atoms with Crippen LogP contribution in [0.15, 0.2) is 0 Å². The molecular formula is C4H6N2O3. The van der Waals surface area contributed by atoms with Crippen molar-refractivity contribution >= 4 is 11.8 Å². The van der Waals surface area contributed by atoms with Crippen LogP contribution in [0.3, 0.4) is 0 Å². The van der Waals surface area contributed by atoms with E-state index < -0.39 is 12.1 Å². The molecule has 0 aromatic carbocycles. The van der Waals surface area contributed by atoms with E-state index in [2.05, 4.69) is 5.32 Å². The molecule has 1 rings (SSSR count). The fourth-order valence-corrected chi connectivity index (χ4v) is 0.533. The van der Waals surface area contributed by atoms with Crippen LogP contribution in [0.25, 0.3) is 0 Å². The highest BCUT2D eigenvalue weighted by atomic mass is 16.3. The minimum Gasteiger partial charge on any atom is -0.365 e. The Morgan fingerprint density at radius 2 is 2.22 bits per heavy atom. The molecule has 2 amide bonds. The summed E-state index contributed by atoms with van der Waals surface area (Å²) in [5.74, 6) is -0.934. The summed E-state index contributed by atoms with van der Waals surface area (Å²) in [4.78, 5) is 20.7. The normalized spacial score (nSPS) is 27.0. The summed E-state index contributed by atoms with van der Waals surface area (Å²) in [5.41, 5.74) is 0. The lowest BCUT2D eigenvalue weighted by atomic mass is 10.4. The predicted molar refractivity (Wildman–Crippen MR) is 27.2 cm³/mol. The zero-order valence-corrected chi connectivity index (χ0v) is 4.55. The first kappa shape index (κ1) is 6.03. The molecule has 0 radical (unpaired) electrons. The van der Waals surface area contributed by atoms with E-state index in [0.29, 0.717) is 0 Å². The number of amides is 2. The summed E-state index contributed by atoms with van der Waals surface area (Å²) < 4.78 is 0. The Hall–Kier alpha value is -1.10. The first-order valence-corrected chi connectivity index (χ1v) is 2.45. The smallest absolute Gasteiger partial charge is 0.270 e. The van der Waals surface area contributed by atoms with Gasteiger partial charge in [-0.2, -0.15) is 0 Å². The Kier molecular flexibility index (Phi) is 1.35. The van der Waals surface area contributed by atoms with Gasteiger partial charge in [0.2, 0.25) is 12.1 Å². The van der Waals surface area contributed by atoms with Gasteiger partial charge in [-0.15, -0.1) is 0 Å². The molecule has 1 heterocycles. The van der Waals surface area contributed by atoms with Crippen LogP contribution < -0.4 is 10.6 Å². The van der Waals surface area contributed by atoms with E-state index in [4.69, 9.17) is 5.11 Å². The first-order chi connectivity index (χ1) is 4.20. The Labute approximate surface area is 51.0 Å². The maximum Gasteiger partial charge on any atom is 0.270 e. The van der Waals surface area contributed by atoms with Gasteiger partial charge in [0.25, 0.3) is 5.91 Å². The van der Waals surface area contributed by atoms with Gasteiger partial charge in [-0.25, -0.2) is 0 Å². The summed E-state index contributed by atoms with van der Waals surface area (Å²) in [7, 11) is 0. The average Bonchev–Trinajstić information content (AvgIpc) is 1.80. The van der Waals surface area contributed by atoms with Gasteiger partial charge in [0.05, 0.1) is 6.54 Å². The fourth-order valence-electron chi connectivity index (χ4n) is 0.533. The third kappa shape index (κ3) is 1.17. The molecular weight excluding hydrogens is 124 g/mol. The van der Waals surface area contributed by atoms with Crippen LogP contribution in [0.4, 0.5) is 0 Å². The minimum absolute atomic E-state index is 0.0457. The van der Waals surface area contributed by atoms with Crippen molar-refractivity contribution in [2.24, 2.45) is 0 Å². The number of carbonyl (C=O) groups excluding carboxylic acids is 2. The van der Waals surface area contributed by atoms with Crippen LogP contribution in [0.2, 0.25) is 0 Å². The van der Waals surface area contributed by atoms with Crippen LogP contribution in [0.1, 0.15) is 0 Å². The average molecular weight is 130 g/mol. The highest BCUT2D eigenvalue weighted by Crippen LogP contribution is 1.82. The Balaban J connectivity index is 2.54. The summed E-state index contributed by atoms with van der Waals surface area (Å²) in [6, 6.07) is 0. The number of piperazine rings is 1. The van der Waals surface area contributed by atoms with Crippen LogP contribution in [-0.4, -0.2) is 29.7 Å². The monoisotopic (exact) mass is 130 g/mol. The fraction of sp³-hybridized carbons (Fsp3) is 0.500. The SMILES string of the molecule is O=C1CNC(=O)C(O)N1. The lowest BCUT2D eigenvalue weighted by Gasteiger charge is -2.17. The van der Waals surface area contributed by atoms with Gasteiger partial charge in [-0.1, -0.05) is 0 Å². The molecule has 0 bridgehead atoms. The standard InChI is InChI=1S/C4H6N2O3/c7-2-1-5-3(8)4(9)6-2/h4,9H,1H2,(H,5,8)(H,6,7). The molecule has 0 aromatic rings. The molecule has 1 aliphatic rings. The summed E-state index contributed by atoms with van der Waals surface area (Å²) in [6.07, 6.45) is -1.37. The third-order valence-corrected chi connectivity index (χ3v) is 0.969. The second-order valence-corrected chi connectivity index (χ2v) is 1.69. The van der Waals surface area contributed by atoms with Crippen molar-refractivity contribution < 1.29 is 14.7 Å². The maximum atomic E-state index is 10.4. The van der Waals surface area contributed by atoms with E-state index in [1.165, 1.54) is 0 Å². The molecule has 50 valence electrons. The van der Waals surface area contributed by atoms with Crippen LogP contribution in [0.5, 0.6) is 0 Å². The number of nitrogens with one attached hydrogen (secondary N) is 2. The molecule has 0 aliphatic carbocycles. The van der Waals surface area contributed by atoms with Crippen molar-refractivity contribution in [3.8, 4) is 0 Å². The second-order valence-electron chi connectivity index (χ2n) is 1.69. The van der Waals surface area contributed by atoms with Gasteiger partial charge in [0.15, 0.2) is 0 Å². The summed E-state index contributed by atoms with van der Waals surface area (Å²) >= 11 is 0.